The monoisotopic (exact) mass is 602 g/mol. The average molecular weight is 603 g/mol. The first kappa shape index (κ1) is 26.0. The summed E-state index contributed by atoms with van der Waals surface area (Å²) in [6.45, 7) is 0. The van der Waals surface area contributed by atoms with Gasteiger partial charge in [-0.15, -0.1) is 0 Å². The Kier molecular flexibility index (Phi) is 5.46. The number of furan rings is 1. The quantitative estimate of drug-likeness (QED) is 0.202. The normalized spacial score (nSPS) is 15.5. The van der Waals surface area contributed by atoms with Gasteiger partial charge in [-0.3, -0.25) is 0 Å². The van der Waals surface area contributed by atoms with E-state index in [-0.39, 0.29) is 0 Å². The first-order valence-corrected chi connectivity index (χ1v) is 15.8. The highest BCUT2D eigenvalue weighted by atomic mass is 16.5. The summed E-state index contributed by atoms with van der Waals surface area (Å²) in [5, 5.41) is 1.09. The number of para-hydroxylation sites is 1. The van der Waals surface area contributed by atoms with Crippen molar-refractivity contribution in [3.63, 3.8) is 0 Å². The maximum absolute atomic E-state index is 6.69. The SMILES string of the molecule is c1ccc(-c2cc(-c3ccc4c(c3)C3(c5ccccc5O4)c4ccccc4-c4cc5ccoc5cc43)nc(-c3ccccc3)n2)cc1. The Balaban J connectivity index is 1.27. The lowest BCUT2D eigenvalue weighted by atomic mass is 9.65. The summed E-state index contributed by atoms with van der Waals surface area (Å²) in [7, 11) is 0. The Labute approximate surface area is 271 Å². The summed E-state index contributed by atoms with van der Waals surface area (Å²) in [4.78, 5) is 10.2. The van der Waals surface area contributed by atoms with Crippen LogP contribution in [0.4, 0.5) is 0 Å². The Hall–Kier alpha value is -6.26. The minimum absolute atomic E-state index is 0.620. The molecule has 4 nitrogen and oxygen atoms in total. The Bertz CT molecular complexity index is 2440. The van der Waals surface area contributed by atoms with Crippen LogP contribution in [0.25, 0.3) is 56.0 Å². The minimum atomic E-state index is -0.620. The molecule has 220 valence electrons. The van der Waals surface area contributed by atoms with Gasteiger partial charge in [-0.1, -0.05) is 103 Å². The first-order chi connectivity index (χ1) is 23.3. The van der Waals surface area contributed by atoms with E-state index in [0.717, 1.165) is 61.7 Å². The second kappa shape index (κ2) is 9.87. The third-order valence-electron chi connectivity index (χ3n) is 9.64. The van der Waals surface area contributed by atoms with Gasteiger partial charge < -0.3 is 9.15 Å². The lowest BCUT2D eigenvalue weighted by molar-refractivity contribution is 0.436. The van der Waals surface area contributed by atoms with Crippen molar-refractivity contribution < 1.29 is 9.15 Å². The zero-order valence-corrected chi connectivity index (χ0v) is 25.2. The number of hydrogen-bond donors (Lipinski definition) is 0. The summed E-state index contributed by atoms with van der Waals surface area (Å²) in [6.07, 6.45) is 1.77. The van der Waals surface area contributed by atoms with Crippen molar-refractivity contribution in [3.8, 4) is 56.5 Å². The Morgan fingerprint density at radius 2 is 1.13 bits per heavy atom. The van der Waals surface area contributed by atoms with Crippen LogP contribution in [0.5, 0.6) is 11.5 Å². The number of ether oxygens (including phenoxy) is 1. The molecule has 0 N–H and O–H groups in total. The summed E-state index contributed by atoms with van der Waals surface area (Å²) in [5.41, 5.74) is 12.0. The molecule has 10 rings (SSSR count). The molecule has 0 fully saturated rings. The molecular weight excluding hydrogens is 576 g/mol. The van der Waals surface area contributed by atoms with Crippen LogP contribution in [0, 0.1) is 0 Å². The number of nitrogens with zero attached hydrogens (tertiary/aromatic N) is 2. The van der Waals surface area contributed by atoms with Crippen LogP contribution in [-0.2, 0) is 5.41 Å². The number of rotatable bonds is 3. The van der Waals surface area contributed by atoms with E-state index >= 15 is 0 Å². The van der Waals surface area contributed by atoms with Crippen molar-refractivity contribution in [1.29, 1.82) is 0 Å². The van der Waals surface area contributed by atoms with Crippen LogP contribution in [-0.4, -0.2) is 9.97 Å². The topological polar surface area (TPSA) is 48.2 Å². The molecule has 2 aromatic heterocycles. The van der Waals surface area contributed by atoms with Crippen LogP contribution in [0.1, 0.15) is 22.3 Å². The van der Waals surface area contributed by atoms with Crippen molar-refractivity contribution in [1.82, 2.24) is 9.97 Å². The van der Waals surface area contributed by atoms with E-state index in [9.17, 15) is 0 Å². The van der Waals surface area contributed by atoms with E-state index in [1.807, 2.05) is 48.5 Å². The molecule has 1 spiro atoms. The van der Waals surface area contributed by atoms with E-state index in [2.05, 4.69) is 103 Å². The van der Waals surface area contributed by atoms with Crippen molar-refractivity contribution in [3.05, 3.63) is 180 Å². The van der Waals surface area contributed by atoms with E-state index in [1.54, 1.807) is 6.26 Å². The van der Waals surface area contributed by atoms with Crippen molar-refractivity contribution in [2.75, 3.05) is 0 Å². The molecule has 2 aliphatic rings. The zero-order chi connectivity index (χ0) is 31.0. The maximum atomic E-state index is 6.69. The molecule has 0 bridgehead atoms. The lowest BCUT2D eigenvalue weighted by Crippen LogP contribution is -2.32. The van der Waals surface area contributed by atoms with Gasteiger partial charge in [0.15, 0.2) is 5.82 Å². The molecule has 1 atom stereocenters. The van der Waals surface area contributed by atoms with Gasteiger partial charge in [0, 0.05) is 33.2 Å². The molecule has 6 aromatic carbocycles. The van der Waals surface area contributed by atoms with E-state index in [1.165, 1.54) is 22.3 Å². The molecular formula is C43H26N2O2. The molecule has 1 unspecified atom stereocenters. The minimum Gasteiger partial charge on any atom is -0.464 e. The summed E-state index contributed by atoms with van der Waals surface area (Å²) >= 11 is 0. The van der Waals surface area contributed by atoms with E-state index in [4.69, 9.17) is 19.1 Å². The first-order valence-electron chi connectivity index (χ1n) is 15.8. The third kappa shape index (κ3) is 3.76. The second-order valence-corrected chi connectivity index (χ2v) is 12.2. The summed E-state index contributed by atoms with van der Waals surface area (Å²) < 4.78 is 12.7. The summed E-state index contributed by atoms with van der Waals surface area (Å²) in [6, 6.07) is 52.8. The largest absolute Gasteiger partial charge is 0.464 e. The Morgan fingerprint density at radius 1 is 0.447 bits per heavy atom. The average Bonchev–Trinajstić information content (AvgIpc) is 3.72. The smallest absolute Gasteiger partial charge is 0.160 e. The second-order valence-electron chi connectivity index (χ2n) is 12.2. The van der Waals surface area contributed by atoms with Crippen LogP contribution < -0.4 is 4.74 Å². The van der Waals surface area contributed by atoms with Crippen LogP contribution in [0.2, 0.25) is 0 Å². The lowest BCUT2D eigenvalue weighted by Gasteiger charge is -2.39. The molecule has 8 aromatic rings. The van der Waals surface area contributed by atoms with E-state index in [0.29, 0.717) is 5.82 Å². The van der Waals surface area contributed by atoms with Crippen molar-refractivity contribution >= 4 is 11.0 Å². The number of benzene rings is 6. The van der Waals surface area contributed by atoms with Gasteiger partial charge in [-0.2, -0.15) is 0 Å². The van der Waals surface area contributed by atoms with Gasteiger partial charge in [-0.05, 0) is 70.8 Å². The standard InChI is InChI=1S/C43H26N2O2/c1-3-11-27(12-4-1)37-26-38(45-42(44-37)28-13-5-2-6-14-28)29-19-20-40-36(24-29)43(34-17-9-10-18-39(34)47-40)33-16-8-7-15-31(33)32-23-30-21-22-46-41(30)25-35(32)43/h1-26H. The molecule has 0 radical (unpaired) electrons. The van der Waals surface area contributed by atoms with E-state index < -0.39 is 5.41 Å². The predicted octanol–water partition coefficient (Wildman–Crippen LogP) is 10.7. The highest BCUT2D eigenvalue weighted by molar-refractivity contribution is 5.95. The zero-order valence-electron chi connectivity index (χ0n) is 25.2. The van der Waals surface area contributed by atoms with Gasteiger partial charge in [0.2, 0.25) is 0 Å². The molecule has 1 aliphatic carbocycles. The van der Waals surface area contributed by atoms with Gasteiger partial charge in [0.25, 0.3) is 0 Å². The van der Waals surface area contributed by atoms with Crippen LogP contribution in [0.15, 0.2) is 162 Å². The number of fused-ring (bicyclic) bond motifs is 10. The molecule has 1 aliphatic heterocycles. The number of aromatic nitrogens is 2. The van der Waals surface area contributed by atoms with Gasteiger partial charge in [-0.25, -0.2) is 9.97 Å². The maximum Gasteiger partial charge on any atom is 0.160 e. The molecule has 4 heteroatoms. The van der Waals surface area contributed by atoms with Crippen molar-refractivity contribution in [2.24, 2.45) is 0 Å². The van der Waals surface area contributed by atoms with Gasteiger partial charge in [0.05, 0.1) is 23.1 Å². The molecule has 47 heavy (non-hydrogen) atoms. The highest BCUT2D eigenvalue weighted by Crippen LogP contribution is 2.62. The fraction of sp³-hybridized carbons (Fsp3) is 0.0233. The number of hydrogen-bond acceptors (Lipinski definition) is 4. The van der Waals surface area contributed by atoms with Crippen LogP contribution >= 0.6 is 0 Å². The van der Waals surface area contributed by atoms with Crippen LogP contribution in [0.3, 0.4) is 0 Å². The summed E-state index contributed by atoms with van der Waals surface area (Å²) in [5.74, 6) is 2.37. The highest BCUT2D eigenvalue weighted by Gasteiger charge is 2.51. The van der Waals surface area contributed by atoms with Crippen molar-refractivity contribution in [2.45, 2.75) is 5.41 Å². The van der Waals surface area contributed by atoms with Gasteiger partial charge >= 0.3 is 0 Å². The predicted molar refractivity (Wildman–Crippen MR) is 185 cm³/mol. The molecule has 0 saturated heterocycles. The molecule has 3 heterocycles. The third-order valence-corrected chi connectivity index (χ3v) is 9.64. The fourth-order valence-corrected chi connectivity index (χ4v) is 7.58. The Morgan fingerprint density at radius 3 is 1.96 bits per heavy atom. The van der Waals surface area contributed by atoms with Gasteiger partial charge in [0.1, 0.15) is 17.1 Å². The molecule has 0 amide bonds. The fourth-order valence-electron chi connectivity index (χ4n) is 7.58. The molecule has 0 saturated carbocycles.